The number of likely N-dealkylation sites (tertiary alicyclic amines) is 1. The fourth-order valence-corrected chi connectivity index (χ4v) is 1.95. The monoisotopic (exact) mass is 222 g/mol. The minimum Gasteiger partial charge on any atom is -0.489 e. The van der Waals surface area contributed by atoms with Gasteiger partial charge >= 0.3 is 0 Å². The summed E-state index contributed by atoms with van der Waals surface area (Å²) in [5, 5.41) is 0. The predicted molar refractivity (Wildman–Crippen MR) is 62.0 cm³/mol. The second-order valence-corrected chi connectivity index (χ2v) is 4.16. The van der Waals surface area contributed by atoms with E-state index in [0.717, 1.165) is 25.2 Å². The van der Waals surface area contributed by atoms with Crippen molar-refractivity contribution >= 4 is 0 Å². The predicted octanol–water partition coefficient (Wildman–Crippen LogP) is 2.48. The molecule has 87 valence electrons. The molecule has 0 spiro atoms. The number of nitrogens with zero attached hydrogens (tertiary/aromatic N) is 1. The van der Waals surface area contributed by atoms with Gasteiger partial charge in [-0.05, 0) is 50.6 Å². The Bertz CT molecular complexity index is 348. The highest BCUT2D eigenvalue weighted by Crippen LogP contribution is 2.18. The molecule has 1 aliphatic heterocycles. The number of halogens is 1. The molecule has 16 heavy (non-hydrogen) atoms. The van der Waals surface area contributed by atoms with Crippen molar-refractivity contribution in [3.8, 4) is 5.75 Å². The Morgan fingerprint density at radius 3 is 2.81 bits per heavy atom. The van der Waals surface area contributed by atoms with Crippen molar-refractivity contribution < 1.29 is 9.13 Å². The Kier molecular flexibility index (Phi) is 3.78. The van der Waals surface area contributed by atoms with Gasteiger partial charge in [0.05, 0.1) is 0 Å². The maximum absolute atomic E-state index is 13.3. The summed E-state index contributed by atoms with van der Waals surface area (Å²) in [6.45, 7) is 7.45. The quantitative estimate of drug-likeness (QED) is 0.776. The first kappa shape index (κ1) is 11.4. The molecule has 0 saturated carbocycles. The first-order valence-electron chi connectivity index (χ1n) is 5.72. The van der Waals surface area contributed by atoms with Gasteiger partial charge in [-0.1, -0.05) is 6.07 Å². The third-order valence-corrected chi connectivity index (χ3v) is 2.86. The van der Waals surface area contributed by atoms with Gasteiger partial charge in [0.1, 0.15) is 6.61 Å². The molecule has 0 atom stereocenters. The molecule has 1 radical (unpaired) electrons. The molecule has 1 fully saturated rings. The van der Waals surface area contributed by atoms with E-state index in [9.17, 15) is 4.39 Å². The van der Waals surface area contributed by atoms with Gasteiger partial charge < -0.3 is 4.74 Å². The van der Waals surface area contributed by atoms with E-state index in [-0.39, 0.29) is 5.82 Å². The third-order valence-electron chi connectivity index (χ3n) is 2.86. The van der Waals surface area contributed by atoms with Crippen LogP contribution in [-0.4, -0.2) is 31.1 Å². The molecule has 0 unspecified atom stereocenters. The third kappa shape index (κ3) is 2.95. The fourth-order valence-electron chi connectivity index (χ4n) is 1.95. The zero-order chi connectivity index (χ0) is 11.4. The average molecular weight is 222 g/mol. The Balaban J connectivity index is 1.82. The van der Waals surface area contributed by atoms with Crippen LogP contribution in [0, 0.1) is 12.7 Å². The van der Waals surface area contributed by atoms with Crippen molar-refractivity contribution in [3.63, 3.8) is 0 Å². The first-order chi connectivity index (χ1) is 7.75. The average Bonchev–Trinajstić information content (AvgIpc) is 2.76. The molecule has 2 rings (SSSR count). The lowest BCUT2D eigenvalue weighted by Crippen LogP contribution is -2.25. The van der Waals surface area contributed by atoms with Crippen LogP contribution >= 0.6 is 0 Å². The van der Waals surface area contributed by atoms with Crippen molar-refractivity contribution in [1.82, 2.24) is 4.90 Å². The van der Waals surface area contributed by atoms with Gasteiger partial charge in [-0.2, -0.15) is 0 Å². The zero-order valence-corrected chi connectivity index (χ0v) is 9.42. The summed E-state index contributed by atoms with van der Waals surface area (Å²) in [6.07, 6.45) is 2.53. The molecular formula is C13H17FNO. The molecule has 1 aliphatic rings. The minimum atomic E-state index is -0.311. The van der Waals surface area contributed by atoms with Crippen LogP contribution in [0.3, 0.4) is 0 Å². The normalized spacial score (nSPS) is 16.6. The Morgan fingerprint density at radius 1 is 1.31 bits per heavy atom. The molecule has 3 heteroatoms. The molecule has 0 N–H and O–H groups in total. The van der Waals surface area contributed by atoms with E-state index >= 15 is 0 Å². The molecule has 1 heterocycles. The van der Waals surface area contributed by atoms with E-state index in [2.05, 4.69) is 11.8 Å². The maximum Gasteiger partial charge on any atom is 0.165 e. The van der Waals surface area contributed by atoms with E-state index in [0.29, 0.717) is 12.4 Å². The largest absolute Gasteiger partial charge is 0.489 e. The lowest BCUT2D eigenvalue weighted by Gasteiger charge is -2.15. The lowest BCUT2D eigenvalue weighted by molar-refractivity contribution is 0.231. The highest BCUT2D eigenvalue weighted by atomic mass is 19.1. The van der Waals surface area contributed by atoms with Gasteiger partial charge in [0, 0.05) is 6.54 Å². The summed E-state index contributed by atoms with van der Waals surface area (Å²) < 4.78 is 18.7. The maximum atomic E-state index is 13.3. The second kappa shape index (κ2) is 5.30. The lowest BCUT2D eigenvalue weighted by atomic mass is 10.2. The summed E-state index contributed by atoms with van der Waals surface area (Å²) in [7, 11) is 0. The summed E-state index contributed by atoms with van der Waals surface area (Å²) in [6, 6.07) is 4.68. The first-order valence-corrected chi connectivity index (χ1v) is 5.72. The molecule has 1 aromatic rings. The van der Waals surface area contributed by atoms with Crippen LogP contribution in [0.4, 0.5) is 4.39 Å². The number of ether oxygens (including phenoxy) is 1. The Labute approximate surface area is 96.0 Å². The summed E-state index contributed by atoms with van der Waals surface area (Å²) in [5.41, 5.74) is 0.776. The van der Waals surface area contributed by atoms with Gasteiger partial charge in [-0.3, -0.25) is 4.90 Å². The number of rotatable bonds is 4. The van der Waals surface area contributed by atoms with Crippen molar-refractivity contribution in [2.75, 3.05) is 26.2 Å². The summed E-state index contributed by atoms with van der Waals surface area (Å²) in [5.74, 6) is 0.000480. The topological polar surface area (TPSA) is 12.5 Å². The van der Waals surface area contributed by atoms with E-state index < -0.39 is 0 Å². The second-order valence-electron chi connectivity index (χ2n) is 4.16. The van der Waals surface area contributed by atoms with Crippen LogP contribution in [0.15, 0.2) is 18.2 Å². The van der Waals surface area contributed by atoms with Crippen LogP contribution in [0.25, 0.3) is 0 Å². The van der Waals surface area contributed by atoms with Gasteiger partial charge in [0.15, 0.2) is 11.6 Å². The molecule has 0 aromatic heterocycles. The molecule has 0 amide bonds. The SMILES string of the molecule is [CH2]c1ccc(F)c(OCCN2CCCC2)c1. The van der Waals surface area contributed by atoms with Gasteiger partial charge in [0.25, 0.3) is 0 Å². The summed E-state index contributed by atoms with van der Waals surface area (Å²) in [4.78, 5) is 2.34. The van der Waals surface area contributed by atoms with Crippen molar-refractivity contribution in [2.45, 2.75) is 12.8 Å². The van der Waals surface area contributed by atoms with Crippen LogP contribution in [0.1, 0.15) is 18.4 Å². The van der Waals surface area contributed by atoms with E-state index in [1.165, 1.54) is 18.9 Å². The molecule has 1 aromatic carbocycles. The van der Waals surface area contributed by atoms with Gasteiger partial charge in [-0.25, -0.2) is 4.39 Å². The highest BCUT2D eigenvalue weighted by Gasteiger charge is 2.11. The number of hydrogen-bond donors (Lipinski definition) is 0. The zero-order valence-electron chi connectivity index (χ0n) is 9.42. The smallest absolute Gasteiger partial charge is 0.165 e. The van der Waals surface area contributed by atoms with Crippen molar-refractivity contribution in [1.29, 1.82) is 0 Å². The van der Waals surface area contributed by atoms with Gasteiger partial charge in [0.2, 0.25) is 0 Å². The van der Waals surface area contributed by atoms with Gasteiger partial charge in [-0.15, -0.1) is 0 Å². The fraction of sp³-hybridized carbons (Fsp3) is 0.462. The van der Waals surface area contributed by atoms with Crippen molar-refractivity contribution in [2.24, 2.45) is 0 Å². The number of benzene rings is 1. The molecule has 0 bridgehead atoms. The van der Waals surface area contributed by atoms with Crippen LogP contribution in [0.5, 0.6) is 5.75 Å². The molecule has 1 saturated heterocycles. The van der Waals surface area contributed by atoms with Crippen LogP contribution in [-0.2, 0) is 0 Å². The van der Waals surface area contributed by atoms with E-state index in [4.69, 9.17) is 4.74 Å². The van der Waals surface area contributed by atoms with Crippen LogP contribution in [0.2, 0.25) is 0 Å². The van der Waals surface area contributed by atoms with E-state index in [1.54, 1.807) is 12.1 Å². The Morgan fingerprint density at radius 2 is 2.06 bits per heavy atom. The molecular weight excluding hydrogens is 205 g/mol. The standard InChI is InChI=1S/C13H17FNO/c1-11-4-5-12(14)13(10-11)16-9-8-15-6-2-3-7-15/h4-5,10H,1-3,6-9H2. The van der Waals surface area contributed by atoms with E-state index in [1.807, 2.05) is 0 Å². The molecule has 0 aliphatic carbocycles. The van der Waals surface area contributed by atoms with Crippen molar-refractivity contribution in [3.05, 3.63) is 36.5 Å². The van der Waals surface area contributed by atoms with Crippen LogP contribution < -0.4 is 4.74 Å². The summed E-state index contributed by atoms with van der Waals surface area (Å²) >= 11 is 0. The Hall–Kier alpha value is -1.09. The minimum absolute atomic E-state index is 0.311. The number of hydrogen-bond acceptors (Lipinski definition) is 2. The highest BCUT2D eigenvalue weighted by molar-refractivity contribution is 5.31. The molecule has 2 nitrogen and oxygen atoms in total.